The summed E-state index contributed by atoms with van der Waals surface area (Å²) < 4.78 is 7.81. The van der Waals surface area contributed by atoms with Crippen LogP contribution in [0.15, 0.2) is 64.2 Å². The van der Waals surface area contributed by atoms with Crippen LogP contribution < -0.4 is 21.3 Å². The predicted octanol–water partition coefficient (Wildman–Crippen LogP) is 3.74. The number of ether oxygens (including phenoxy) is 1. The quantitative estimate of drug-likeness (QED) is 0.491. The zero-order valence-corrected chi connectivity index (χ0v) is 19.0. The van der Waals surface area contributed by atoms with Gasteiger partial charge in [-0.2, -0.15) is 0 Å². The van der Waals surface area contributed by atoms with E-state index in [1.54, 1.807) is 43.5 Å². The lowest BCUT2D eigenvalue weighted by Gasteiger charge is -2.14. The molecule has 0 aliphatic heterocycles. The number of amides is 1. The Balaban J connectivity index is 1.68. The largest absolute Gasteiger partial charge is 0.497 e. The van der Waals surface area contributed by atoms with E-state index >= 15 is 0 Å². The number of nitrogens with zero attached hydrogens (tertiary/aromatic N) is 2. The number of para-hydroxylation sites is 1. The van der Waals surface area contributed by atoms with Crippen molar-refractivity contribution < 1.29 is 9.53 Å². The van der Waals surface area contributed by atoms with Crippen molar-refractivity contribution in [2.24, 2.45) is 0 Å². The van der Waals surface area contributed by atoms with Crippen LogP contribution in [0.5, 0.6) is 5.75 Å². The average Bonchev–Trinajstić information content (AvgIpc) is 3.23. The van der Waals surface area contributed by atoms with E-state index in [0.29, 0.717) is 27.3 Å². The highest BCUT2D eigenvalue weighted by atomic mass is 32.1. The maximum absolute atomic E-state index is 13.6. The molecule has 1 aliphatic rings. The number of fused-ring (bicyclic) bond motifs is 3. The first-order valence-corrected chi connectivity index (χ1v) is 11.7. The fourth-order valence-corrected chi connectivity index (χ4v) is 5.70. The molecule has 7 nitrogen and oxygen atoms in total. The third kappa shape index (κ3) is 3.87. The number of thiophene rings is 1. The van der Waals surface area contributed by atoms with Crippen molar-refractivity contribution in [3.63, 3.8) is 0 Å². The van der Waals surface area contributed by atoms with Crippen LogP contribution in [-0.4, -0.2) is 22.2 Å². The number of methoxy groups -OCH3 is 1. The second-order valence-corrected chi connectivity index (χ2v) is 9.10. The van der Waals surface area contributed by atoms with Gasteiger partial charge < -0.3 is 10.1 Å². The first kappa shape index (κ1) is 21.2. The molecule has 0 spiro atoms. The third-order valence-corrected chi connectivity index (χ3v) is 7.24. The number of aryl methyl sites for hydroxylation is 2. The molecule has 1 aliphatic carbocycles. The van der Waals surface area contributed by atoms with E-state index in [1.807, 2.05) is 18.2 Å². The lowest BCUT2D eigenvalue weighted by molar-refractivity contribution is -0.116. The van der Waals surface area contributed by atoms with Gasteiger partial charge in [-0.25, -0.2) is 9.36 Å². The van der Waals surface area contributed by atoms with Crippen LogP contribution in [0.3, 0.4) is 0 Å². The highest BCUT2D eigenvalue weighted by Gasteiger charge is 2.25. The number of nitrogens with one attached hydrogen (secondary N) is 1. The predicted molar refractivity (Wildman–Crippen MR) is 130 cm³/mol. The first-order chi connectivity index (χ1) is 16.1. The summed E-state index contributed by atoms with van der Waals surface area (Å²) in [7, 11) is 1.56. The summed E-state index contributed by atoms with van der Waals surface area (Å²) in [4.78, 5) is 41.7. The first-order valence-electron chi connectivity index (χ1n) is 10.9. The normalized spacial score (nSPS) is 13.0. The number of hydrogen-bond donors (Lipinski definition) is 1. The van der Waals surface area contributed by atoms with Gasteiger partial charge in [0.05, 0.1) is 18.2 Å². The summed E-state index contributed by atoms with van der Waals surface area (Å²) in [5, 5.41) is 3.39. The SMILES string of the molecule is COc1ccc(-n2c(=O)c3c4c(sc3n(CC(=O)Nc3ccccc3)c2=O)CCCC4)cc1. The Hall–Kier alpha value is -3.65. The van der Waals surface area contributed by atoms with Crippen LogP contribution in [0, 0.1) is 0 Å². The smallest absolute Gasteiger partial charge is 0.337 e. The number of hydrogen-bond acceptors (Lipinski definition) is 5. The molecule has 0 radical (unpaired) electrons. The Morgan fingerprint density at radius 1 is 1.03 bits per heavy atom. The van der Waals surface area contributed by atoms with Crippen molar-refractivity contribution >= 4 is 33.1 Å². The molecule has 0 saturated carbocycles. The van der Waals surface area contributed by atoms with Gasteiger partial charge in [-0.05, 0) is 67.6 Å². The van der Waals surface area contributed by atoms with Crippen LogP contribution in [0.4, 0.5) is 5.69 Å². The minimum absolute atomic E-state index is 0.181. The molecule has 0 atom stereocenters. The fraction of sp³-hybridized carbons (Fsp3) is 0.240. The summed E-state index contributed by atoms with van der Waals surface area (Å²) in [6.07, 6.45) is 3.77. The molecule has 2 aromatic heterocycles. The maximum Gasteiger partial charge on any atom is 0.337 e. The van der Waals surface area contributed by atoms with E-state index in [2.05, 4.69) is 5.32 Å². The van der Waals surface area contributed by atoms with E-state index in [0.717, 1.165) is 36.1 Å². The molecule has 0 saturated heterocycles. The Morgan fingerprint density at radius 3 is 2.48 bits per heavy atom. The topological polar surface area (TPSA) is 82.3 Å². The van der Waals surface area contributed by atoms with E-state index in [-0.39, 0.29) is 18.0 Å². The molecule has 0 fully saturated rings. The van der Waals surface area contributed by atoms with Crippen LogP contribution >= 0.6 is 11.3 Å². The number of anilines is 1. The monoisotopic (exact) mass is 461 g/mol. The van der Waals surface area contributed by atoms with E-state index < -0.39 is 5.69 Å². The van der Waals surface area contributed by atoms with E-state index in [9.17, 15) is 14.4 Å². The minimum atomic E-state index is -0.528. The molecule has 2 heterocycles. The molecular weight excluding hydrogens is 438 g/mol. The van der Waals surface area contributed by atoms with Crippen LogP contribution in [0.2, 0.25) is 0 Å². The van der Waals surface area contributed by atoms with Crippen molar-refractivity contribution in [2.45, 2.75) is 32.2 Å². The van der Waals surface area contributed by atoms with Gasteiger partial charge in [-0.3, -0.25) is 14.2 Å². The van der Waals surface area contributed by atoms with Gasteiger partial charge in [0.1, 0.15) is 17.1 Å². The van der Waals surface area contributed by atoms with Crippen molar-refractivity contribution in [3.8, 4) is 11.4 Å². The van der Waals surface area contributed by atoms with Crippen molar-refractivity contribution in [3.05, 3.63) is 85.9 Å². The molecule has 1 N–H and O–H groups in total. The second kappa shape index (κ2) is 8.71. The zero-order valence-electron chi connectivity index (χ0n) is 18.2. The van der Waals surface area contributed by atoms with Gasteiger partial charge in [0.25, 0.3) is 5.56 Å². The molecule has 2 aromatic carbocycles. The number of benzene rings is 2. The van der Waals surface area contributed by atoms with Gasteiger partial charge in [0.15, 0.2) is 0 Å². The molecule has 4 aromatic rings. The second-order valence-electron chi connectivity index (χ2n) is 8.01. The highest BCUT2D eigenvalue weighted by molar-refractivity contribution is 7.18. The number of aromatic nitrogens is 2. The Morgan fingerprint density at radius 2 is 1.76 bits per heavy atom. The van der Waals surface area contributed by atoms with Gasteiger partial charge in [0, 0.05) is 10.6 Å². The summed E-state index contributed by atoms with van der Waals surface area (Å²) in [5.41, 5.74) is 1.26. The Labute approximate surface area is 193 Å². The molecule has 5 rings (SSSR count). The lowest BCUT2D eigenvalue weighted by Crippen LogP contribution is -2.40. The molecule has 0 bridgehead atoms. The number of carbonyl (C=O) groups is 1. The van der Waals surface area contributed by atoms with Gasteiger partial charge >= 0.3 is 5.69 Å². The van der Waals surface area contributed by atoms with E-state index in [1.165, 1.54) is 20.5 Å². The van der Waals surface area contributed by atoms with Crippen molar-refractivity contribution in [1.82, 2.24) is 9.13 Å². The lowest BCUT2D eigenvalue weighted by atomic mass is 9.97. The van der Waals surface area contributed by atoms with Crippen LogP contribution in [-0.2, 0) is 24.2 Å². The van der Waals surface area contributed by atoms with Crippen LogP contribution in [0.1, 0.15) is 23.3 Å². The Bertz CT molecular complexity index is 1450. The number of carbonyl (C=O) groups excluding carboxylic acids is 1. The highest BCUT2D eigenvalue weighted by Crippen LogP contribution is 2.34. The van der Waals surface area contributed by atoms with Gasteiger partial charge in [0.2, 0.25) is 5.91 Å². The van der Waals surface area contributed by atoms with Gasteiger partial charge in [-0.15, -0.1) is 11.3 Å². The van der Waals surface area contributed by atoms with Crippen molar-refractivity contribution in [1.29, 1.82) is 0 Å². The molecule has 168 valence electrons. The van der Waals surface area contributed by atoms with Crippen LogP contribution in [0.25, 0.3) is 15.9 Å². The molecule has 1 amide bonds. The standard InChI is InChI=1S/C25H23N3O4S/c1-32-18-13-11-17(12-14-18)28-23(30)22-19-9-5-6-10-20(19)33-24(22)27(25(28)31)15-21(29)26-16-7-3-2-4-8-16/h2-4,7-8,11-14H,5-6,9-10,15H2,1H3,(H,26,29). The minimum Gasteiger partial charge on any atom is -0.497 e. The molecular formula is C25H23N3O4S. The summed E-state index contributed by atoms with van der Waals surface area (Å²) in [6.45, 7) is -0.181. The van der Waals surface area contributed by atoms with Crippen molar-refractivity contribution in [2.75, 3.05) is 12.4 Å². The molecule has 0 unspecified atom stereocenters. The Kier molecular flexibility index (Phi) is 5.60. The third-order valence-electron chi connectivity index (χ3n) is 5.93. The molecule has 8 heteroatoms. The average molecular weight is 462 g/mol. The summed E-state index contributed by atoms with van der Waals surface area (Å²) >= 11 is 1.46. The zero-order chi connectivity index (χ0) is 22.9. The summed E-state index contributed by atoms with van der Waals surface area (Å²) in [6, 6.07) is 15.9. The summed E-state index contributed by atoms with van der Waals surface area (Å²) in [5.74, 6) is 0.305. The van der Waals surface area contributed by atoms with Gasteiger partial charge in [-0.1, -0.05) is 18.2 Å². The fourth-order valence-electron chi connectivity index (χ4n) is 4.33. The number of rotatable bonds is 5. The maximum atomic E-state index is 13.6. The van der Waals surface area contributed by atoms with E-state index in [4.69, 9.17) is 4.74 Å². The molecule has 33 heavy (non-hydrogen) atoms.